The Hall–Kier alpha value is -3.79. The molecule has 164 valence electrons. The predicted octanol–water partition coefficient (Wildman–Crippen LogP) is 2.64. The van der Waals surface area contributed by atoms with E-state index in [-0.39, 0.29) is 37.1 Å². The first kappa shape index (κ1) is 21.9. The van der Waals surface area contributed by atoms with Gasteiger partial charge in [-0.25, -0.2) is 14.4 Å². The topological polar surface area (TPSA) is 122 Å². The second kappa shape index (κ2) is 11.4. The molecule has 31 heavy (non-hydrogen) atoms. The smallest absolute Gasteiger partial charge is 0.374 e. The maximum atomic E-state index is 11.9. The van der Waals surface area contributed by atoms with E-state index in [9.17, 15) is 14.4 Å². The summed E-state index contributed by atoms with van der Waals surface area (Å²) in [6, 6.07) is 9.27. The lowest BCUT2D eigenvalue weighted by Gasteiger charge is -2.21. The van der Waals surface area contributed by atoms with Gasteiger partial charge in [0.1, 0.15) is 19.8 Å². The maximum absolute atomic E-state index is 11.9. The standard InChI is InChI=1S/C21H21NO9/c23-19(16-4-1-10-26-16)29-13-7-22(8-14-30-20(24)17-5-2-11-27-17)9-15-31-21(25)18-6-3-12-28-18/h1-6,10-12H,7-9,13-15H2. The van der Waals surface area contributed by atoms with Crippen molar-refractivity contribution in [3.8, 4) is 0 Å². The van der Waals surface area contributed by atoms with Gasteiger partial charge in [-0.3, -0.25) is 4.90 Å². The molecule has 0 N–H and O–H groups in total. The average molecular weight is 431 g/mol. The molecule has 3 aromatic rings. The Bertz CT molecular complexity index is 806. The maximum Gasteiger partial charge on any atom is 0.374 e. The Kier molecular flexibility index (Phi) is 8.06. The number of furan rings is 3. The minimum atomic E-state index is -0.585. The van der Waals surface area contributed by atoms with Crippen LogP contribution in [0.15, 0.2) is 68.4 Å². The van der Waals surface area contributed by atoms with E-state index in [2.05, 4.69) is 0 Å². The van der Waals surface area contributed by atoms with Gasteiger partial charge in [0.2, 0.25) is 17.3 Å². The van der Waals surface area contributed by atoms with Gasteiger partial charge in [-0.1, -0.05) is 0 Å². The third-order valence-corrected chi connectivity index (χ3v) is 4.09. The zero-order valence-corrected chi connectivity index (χ0v) is 16.6. The molecular weight excluding hydrogens is 410 g/mol. The van der Waals surface area contributed by atoms with Crippen molar-refractivity contribution in [2.75, 3.05) is 39.5 Å². The number of rotatable bonds is 12. The van der Waals surface area contributed by atoms with Crippen molar-refractivity contribution in [3.05, 3.63) is 72.5 Å². The molecule has 0 aliphatic carbocycles. The molecule has 0 unspecified atom stereocenters. The van der Waals surface area contributed by atoms with E-state index >= 15 is 0 Å². The zero-order valence-electron chi connectivity index (χ0n) is 16.6. The molecule has 0 saturated heterocycles. The highest BCUT2D eigenvalue weighted by Crippen LogP contribution is 2.05. The van der Waals surface area contributed by atoms with E-state index in [0.29, 0.717) is 19.6 Å². The van der Waals surface area contributed by atoms with Gasteiger partial charge >= 0.3 is 17.9 Å². The first-order valence-electron chi connectivity index (χ1n) is 9.47. The molecule has 0 aliphatic rings. The van der Waals surface area contributed by atoms with Crippen LogP contribution in [0.2, 0.25) is 0 Å². The molecule has 3 aromatic heterocycles. The van der Waals surface area contributed by atoms with E-state index in [0.717, 1.165) is 0 Å². The van der Waals surface area contributed by atoms with Crippen LogP contribution in [0.25, 0.3) is 0 Å². The second-order valence-electron chi connectivity index (χ2n) is 6.18. The molecule has 0 atom stereocenters. The third-order valence-electron chi connectivity index (χ3n) is 4.09. The number of hydrogen-bond donors (Lipinski definition) is 0. The highest BCUT2D eigenvalue weighted by molar-refractivity contribution is 5.87. The largest absolute Gasteiger partial charge is 0.458 e. The zero-order chi connectivity index (χ0) is 21.9. The van der Waals surface area contributed by atoms with Gasteiger partial charge in [-0.15, -0.1) is 0 Å². The van der Waals surface area contributed by atoms with Crippen molar-refractivity contribution in [1.29, 1.82) is 0 Å². The van der Waals surface area contributed by atoms with E-state index in [4.69, 9.17) is 27.5 Å². The summed E-state index contributed by atoms with van der Waals surface area (Å²) in [5.74, 6) is -1.45. The van der Waals surface area contributed by atoms with Crippen molar-refractivity contribution in [2.45, 2.75) is 0 Å². The summed E-state index contributed by atoms with van der Waals surface area (Å²) in [5.41, 5.74) is 0. The summed E-state index contributed by atoms with van der Waals surface area (Å²) in [5, 5.41) is 0. The molecule has 3 rings (SSSR count). The number of carbonyl (C=O) groups excluding carboxylic acids is 3. The Morgan fingerprint density at radius 3 is 1.19 bits per heavy atom. The van der Waals surface area contributed by atoms with Crippen LogP contribution < -0.4 is 0 Å². The predicted molar refractivity (Wildman–Crippen MR) is 103 cm³/mol. The molecule has 0 aromatic carbocycles. The molecule has 10 heteroatoms. The van der Waals surface area contributed by atoms with Crippen LogP contribution >= 0.6 is 0 Å². The van der Waals surface area contributed by atoms with Gasteiger partial charge < -0.3 is 27.5 Å². The quantitative estimate of drug-likeness (QED) is 0.312. The first-order chi connectivity index (χ1) is 15.1. The number of esters is 3. The molecule has 0 bridgehead atoms. The minimum absolute atomic E-state index is 0.0673. The first-order valence-corrected chi connectivity index (χ1v) is 9.47. The lowest BCUT2D eigenvalue weighted by molar-refractivity contribution is 0.0296. The van der Waals surface area contributed by atoms with Crippen LogP contribution in [-0.4, -0.2) is 62.3 Å². The number of nitrogens with zero attached hydrogens (tertiary/aromatic N) is 1. The van der Waals surface area contributed by atoms with E-state index < -0.39 is 17.9 Å². The Morgan fingerprint density at radius 1 is 0.613 bits per heavy atom. The molecule has 0 fully saturated rings. The Labute approximate surface area is 177 Å². The molecule has 0 aliphatic heterocycles. The van der Waals surface area contributed by atoms with Crippen LogP contribution in [0.1, 0.15) is 31.7 Å². The van der Waals surface area contributed by atoms with Gasteiger partial charge in [0.25, 0.3) is 0 Å². The highest BCUT2D eigenvalue weighted by atomic mass is 16.6. The minimum Gasteiger partial charge on any atom is -0.458 e. The van der Waals surface area contributed by atoms with Gasteiger partial charge in [0.15, 0.2) is 0 Å². The van der Waals surface area contributed by atoms with Crippen LogP contribution in [0.4, 0.5) is 0 Å². The summed E-state index contributed by atoms with van der Waals surface area (Å²) < 4.78 is 30.5. The molecule has 0 saturated carbocycles. The monoisotopic (exact) mass is 431 g/mol. The van der Waals surface area contributed by atoms with Crippen LogP contribution in [0.5, 0.6) is 0 Å². The second-order valence-corrected chi connectivity index (χ2v) is 6.18. The molecule has 10 nitrogen and oxygen atoms in total. The van der Waals surface area contributed by atoms with Crippen LogP contribution in [0, 0.1) is 0 Å². The molecule has 0 spiro atoms. The van der Waals surface area contributed by atoms with E-state index in [1.165, 1.54) is 37.0 Å². The van der Waals surface area contributed by atoms with Crippen LogP contribution in [0.3, 0.4) is 0 Å². The van der Waals surface area contributed by atoms with Crippen molar-refractivity contribution in [3.63, 3.8) is 0 Å². The fraction of sp³-hybridized carbons (Fsp3) is 0.286. The molecule has 3 heterocycles. The lowest BCUT2D eigenvalue weighted by atomic mass is 10.4. The third kappa shape index (κ3) is 6.89. The normalized spacial score (nSPS) is 10.7. The lowest BCUT2D eigenvalue weighted by Crippen LogP contribution is -2.35. The van der Waals surface area contributed by atoms with Crippen molar-refractivity contribution >= 4 is 17.9 Å². The Morgan fingerprint density at radius 2 is 0.935 bits per heavy atom. The SMILES string of the molecule is O=C(OCCN(CCOC(=O)c1ccco1)CCOC(=O)c1ccco1)c1ccco1. The average Bonchev–Trinajstić information content (AvgIpc) is 3.55. The van der Waals surface area contributed by atoms with Gasteiger partial charge in [0.05, 0.1) is 18.8 Å². The molecular formula is C21H21NO9. The summed E-state index contributed by atoms with van der Waals surface area (Å²) in [6.07, 6.45) is 4.14. The summed E-state index contributed by atoms with van der Waals surface area (Å²) in [7, 11) is 0. The van der Waals surface area contributed by atoms with Crippen molar-refractivity contribution in [2.24, 2.45) is 0 Å². The highest BCUT2D eigenvalue weighted by Gasteiger charge is 2.15. The van der Waals surface area contributed by atoms with Gasteiger partial charge in [-0.05, 0) is 36.4 Å². The molecule has 0 radical (unpaired) electrons. The van der Waals surface area contributed by atoms with Crippen LogP contribution in [-0.2, 0) is 14.2 Å². The van der Waals surface area contributed by atoms with Crippen molar-refractivity contribution < 1.29 is 41.8 Å². The summed E-state index contributed by atoms with van der Waals surface area (Å²) in [6.45, 7) is 1.17. The van der Waals surface area contributed by atoms with E-state index in [1.54, 1.807) is 18.2 Å². The number of hydrogen-bond acceptors (Lipinski definition) is 10. The number of ether oxygens (including phenoxy) is 3. The van der Waals surface area contributed by atoms with Gasteiger partial charge in [-0.2, -0.15) is 0 Å². The molecule has 0 amide bonds. The summed E-state index contributed by atoms with van der Waals surface area (Å²) >= 11 is 0. The summed E-state index contributed by atoms with van der Waals surface area (Å²) in [4.78, 5) is 37.4. The van der Waals surface area contributed by atoms with Gasteiger partial charge in [0, 0.05) is 19.6 Å². The van der Waals surface area contributed by atoms with Crippen molar-refractivity contribution in [1.82, 2.24) is 4.90 Å². The van der Waals surface area contributed by atoms with E-state index in [1.807, 2.05) is 4.90 Å². The number of carbonyl (C=O) groups is 3. The Balaban J connectivity index is 1.44. The fourth-order valence-electron chi connectivity index (χ4n) is 2.54. The fourth-order valence-corrected chi connectivity index (χ4v) is 2.54.